The number of halogens is 1. The summed E-state index contributed by atoms with van der Waals surface area (Å²) < 4.78 is 5.58. The lowest BCUT2D eigenvalue weighted by atomic mass is 10.3. The van der Waals surface area contributed by atoms with Gasteiger partial charge in [-0.1, -0.05) is 11.6 Å². The van der Waals surface area contributed by atoms with Crippen molar-refractivity contribution in [3.8, 4) is 5.75 Å². The van der Waals surface area contributed by atoms with Crippen molar-refractivity contribution in [2.45, 2.75) is 32.3 Å². The lowest BCUT2D eigenvalue weighted by Crippen LogP contribution is -2.37. The third-order valence-corrected chi connectivity index (χ3v) is 3.90. The van der Waals surface area contributed by atoms with Crippen LogP contribution < -0.4 is 10.1 Å². The second-order valence-corrected chi connectivity index (χ2v) is 5.84. The maximum atomic E-state index is 11.9. The van der Waals surface area contributed by atoms with Gasteiger partial charge in [-0.3, -0.25) is 4.79 Å². The average Bonchev–Trinajstić information content (AvgIpc) is 2.99. The molecule has 1 saturated heterocycles. The van der Waals surface area contributed by atoms with Gasteiger partial charge >= 0.3 is 0 Å². The summed E-state index contributed by atoms with van der Waals surface area (Å²) in [5.41, 5.74) is 0. The minimum atomic E-state index is -0.502. The molecule has 1 N–H and O–H groups in total. The van der Waals surface area contributed by atoms with Crippen LogP contribution in [0.15, 0.2) is 24.3 Å². The van der Waals surface area contributed by atoms with E-state index in [1.807, 2.05) is 0 Å². The molecule has 1 fully saturated rings. The van der Waals surface area contributed by atoms with Crippen molar-refractivity contribution >= 4 is 17.5 Å². The topological polar surface area (TPSA) is 41.6 Å². The van der Waals surface area contributed by atoms with Crippen LogP contribution in [0.5, 0.6) is 5.75 Å². The molecule has 0 spiro atoms. The van der Waals surface area contributed by atoms with E-state index in [1.165, 1.54) is 25.9 Å². The predicted octanol–water partition coefficient (Wildman–Crippen LogP) is 2.71. The Labute approximate surface area is 131 Å². The first-order valence-corrected chi connectivity index (χ1v) is 7.95. The second-order valence-electron chi connectivity index (χ2n) is 5.41. The van der Waals surface area contributed by atoms with Crippen LogP contribution in [0.3, 0.4) is 0 Å². The van der Waals surface area contributed by atoms with Gasteiger partial charge in [0.05, 0.1) is 0 Å². The van der Waals surface area contributed by atoms with Crippen LogP contribution in [-0.2, 0) is 4.79 Å². The Morgan fingerprint density at radius 3 is 2.67 bits per heavy atom. The van der Waals surface area contributed by atoms with Gasteiger partial charge in [-0.25, -0.2) is 0 Å². The molecule has 1 aromatic carbocycles. The van der Waals surface area contributed by atoms with Gasteiger partial charge in [-0.05, 0) is 70.1 Å². The number of nitrogens with one attached hydrogen (secondary N) is 1. The summed E-state index contributed by atoms with van der Waals surface area (Å²) in [6.07, 6.45) is 3.09. The SMILES string of the molecule is C[C@H](Oc1ccc(Cl)cc1)C(=O)NCCCN1CCCC1. The van der Waals surface area contributed by atoms with Gasteiger partial charge in [0.2, 0.25) is 0 Å². The highest BCUT2D eigenvalue weighted by atomic mass is 35.5. The second kappa shape index (κ2) is 8.25. The monoisotopic (exact) mass is 310 g/mol. The van der Waals surface area contributed by atoms with E-state index in [1.54, 1.807) is 31.2 Å². The van der Waals surface area contributed by atoms with Crippen molar-refractivity contribution in [1.29, 1.82) is 0 Å². The van der Waals surface area contributed by atoms with Crippen molar-refractivity contribution < 1.29 is 9.53 Å². The molecule has 0 saturated carbocycles. The number of benzene rings is 1. The Balaban J connectivity index is 1.63. The lowest BCUT2D eigenvalue weighted by Gasteiger charge is -2.16. The summed E-state index contributed by atoms with van der Waals surface area (Å²) in [6.45, 7) is 5.91. The summed E-state index contributed by atoms with van der Waals surface area (Å²) in [5, 5.41) is 3.58. The molecule has 0 unspecified atom stereocenters. The fourth-order valence-corrected chi connectivity index (χ4v) is 2.56. The first-order chi connectivity index (χ1) is 10.1. The molecule has 1 heterocycles. The number of carbonyl (C=O) groups is 1. The molecule has 5 heteroatoms. The van der Waals surface area contributed by atoms with E-state index in [4.69, 9.17) is 16.3 Å². The molecule has 2 rings (SSSR count). The first kappa shape index (κ1) is 16.1. The minimum Gasteiger partial charge on any atom is -0.481 e. The number of carbonyl (C=O) groups excluding carboxylic acids is 1. The fraction of sp³-hybridized carbons (Fsp3) is 0.562. The Morgan fingerprint density at radius 2 is 2.00 bits per heavy atom. The number of ether oxygens (including phenoxy) is 1. The van der Waals surface area contributed by atoms with E-state index in [0.717, 1.165) is 13.0 Å². The van der Waals surface area contributed by atoms with Crippen LogP contribution in [0.4, 0.5) is 0 Å². The van der Waals surface area contributed by atoms with Crippen molar-refractivity contribution in [2.24, 2.45) is 0 Å². The highest BCUT2D eigenvalue weighted by Crippen LogP contribution is 2.16. The molecule has 0 bridgehead atoms. The van der Waals surface area contributed by atoms with Gasteiger partial charge in [-0.2, -0.15) is 0 Å². The molecule has 0 aliphatic carbocycles. The maximum Gasteiger partial charge on any atom is 0.260 e. The van der Waals surface area contributed by atoms with E-state index >= 15 is 0 Å². The number of hydrogen-bond donors (Lipinski definition) is 1. The molecule has 1 aliphatic rings. The summed E-state index contributed by atoms with van der Waals surface area (Å²) in [7, 11) is 0. The van der Waals surface area contributed by atoms with Crippen LogP contribution in [0, 0.1) is 0 Å². The van der Waals surface area contributed by atoms with Crippen molar-refractivity contribution in [2.75, 3.05) is 26.2 Å². The van der Waals surface area contributed by atoms with Gasteiger partial charge in [-0.15, -0.1) is 0 Å². The van der Waals surface area contributed by atoms with E-state index < -0.39 is 6.10 Å². The summed E-state index contributed by atoms with van der Waals surface area (Å²) >= 11 is 5.81. The predicted molar refractivity (Wildman–Crippen MR) is 84.8 cm³/mol. The minimum absolute atomic E-state index is 0.0774. The van der Waals surface area contributed by atoms with Gasteiger partial charge < -0.3 is 15.0 Å². The summed E-state index contributed by atoms with van der Waals surface area (Å²) in [6, 6.07) is 7.02. The van der Waals surface area contributed by atoms with Crippen molar-refractivity contribution in [3.05, 3.63) is 29.3 Å². The summed E-state index contributed by atoms with van der Waals surface area (Å²) in [5.74, 6) is 0.575. The quantitative estimate of drug-likeness (QED) is 0.787. The summed E-state index contributed by atoms with van der Waals surface area (Å²) in [4.78, 5) is 14.4. The zero-order valence-electron chi connectivity index (χ0n) is 12.5. The third kappa shape index (κ3) is 5.56. The Morgan fingerprint density at radius 1 is 1.33 bits per heavy atom. The van der Waals surface area contributed by atoms with Crippen LogP contribution in [-0.4, -0.2) is 43.1 Å². The molecule has 4 nitrogen and oxygen atoms in total. The number of amides is 1. The molecule has 1 aromatic rings. The van der Waals surface area contributed by atoms with E-state index in [0.29, 0.717) is 17.3 Å². The molecule has 1 aliphatic heterocycles. The molecule has 0 aromatic heterocycles. The fourth-order valence-electron chi connectivity index (χ4n) is 2.44. The van der Waals surface area contributed by atoms with Crippen LogP contribution >= 0.6 is 11.6 Å². The Kier molecular flexibility index (Phi) is 6.33. The van der Waals surface area contributed by atoms with Crippen LogP contribution in [0.25, 0.3) is 0 Å². The average molecular weight is 311 g/mol. The highest BCUT2D eigenvalue weighted by Gasteiger charge is 2.15. The molecular formula is C16H23ClN2O2. The Hall–Kier alpha value is -1.26. The van der Waals surface area contributed by atoms with E-state index in [9.17, 15) is 4.79 Å². The molecule has 0 radical (unpaired) electrons. The van der Waals surface area contributed by atoms with Crippen molar-refractivity contribution in [1.82, 2.24) is 10.2 Å². The lowest BCUT2D eigenvalue weighted by molar-refractivity contribution is -0.127. The number of nitrogens with zero attached hydrogens (tertiary/aromatic N) is 1. The van der Waals surface area contributed by atoms with Gasteiger partial charge in [0.1, 0.15) is 5.75 Å². The van der Waals surface area contributed by atoms with E-state index in [-0.39, 0.29) is 5.91 Å². The zero-order valence-corrected chi connectivity index (χ0v) is 13.2. The van der Waals surface area contributed by atoms with Gasteiger partial charge in [0.15, 0.2) is 6.10 Å². The normalized spacial score (nSPS) is 16.7. The molecule has 116 valence electrons. The van der Waals surface area contributed by atoms with Crippen molar-refractivity contribution in [3.63, 3.8) is 0 Å². The van der Waals surface area contributed by atoms with Gasteiger partial charge in [0, 0.05) is 11.6 Å². The number of rotatable bonds is 7. The third-order valence-electron chi connectivity index (χ3n) is 3.64. The Bertz CT molecular complexity index is 444. The van der Waals surface area contributed by atoms with Crippen LogP contribution in [0.1, 0.15) is 26.2 Å². The smallest absolute Gasteiger partial charge is 0.260 e. The molecule has 1 amide bonds. The van der Waals surface area contributed by atoms with Gasteiger partial charge in [0.25, 0.3) is 5.91 Å². The maximum absolute atomic E-state index is 11.9. The highest BCUT2D eigenvalue weighted by molar-refractivity contribution is 6.30. The zero-order chi connectivity index (χ0) is 15.1. The molecule has 21 heavy (non-hydrogen) atoms. The number of hydrogen-bond acceptors (Lipinski definition) is 3. The van der Waals surface area contributed by atoms with E-state index in [2.05, 4.69) is 10.2 Å². The first-order valence-electron chi connectivity index (χ1n) is 7.57. The molecule has 1 atom stereocenters. The number of likely N-dealkylation sites (tertiary alicyclic amines) is 1. The largest absolute Gasteiger partial charge is 0.481 e. The molecular weight excluding hydrogens is 288 g/mol. The van der Waals surface area contributed by atoms with Crippen LogP contribution in [0.2, 0.25) is 5.02 Å². The standard InChI is InChI=1S/C16H23ClN2O2/c1-13(21-15-7-5-14(17)6-8-15)16(20)18-9-4-12-19-10-2-3-11-19/h5-8,13H,2-4,9-12H2,1H3,(H,18,20)/t13-/m0/s1.